The van der Waals surface area contributed by atoms with Crippen LogP contribution in [-0.2, 0) is 4.79 Å². The molecule has 0 spiro atoms. The summed E-state index contributed by atoms with van der Waals surface area (Å²) in [6, 6.07) is 0. The zero-order valence-corrected chi connectivity index (χ0v) is 9.33. The van der Waals surface area contributed by atoms with Gasteiger partial charge in [-0.3, -0.25) is 4.79 Å². The van der Waals surface area contributed by atoms with E-state index in [9.17, 15) is 9.90 Å². The molecule has 2 aliphatic heterocycles. The van der Waals surface area contributed by atoms with Crippen molar-refractivity contribution in [3.8, 4) is 0 Å². The first-order chi connectivity index (χ1) is 7.14. The molecule has 0 aromatic rings. The van der Waals surface area contributed by atoms with Crippen molar-refractivity contribution in [3.63, 3.8) is 0 Å². The summed E-state index contributed by atoms with van der Waals surface area (Å²) >= 11 is 0. The van der Waals surface area contributed by atoms with Gasteiger partial charge in [0.25, 0.3) is 0 Å². The second kappa shape index (κ2) is 4.10. The van der Waals surface area contributed by atoms with Crippen LogP contribution in [0.3, 0.4) is 0 Å². The summed E-state index contributed by atoms with van der Waals surface area (Å²) in [6.45, 7) is 5.64. The van der Waals surface area contributed by atoms with Crippen molar-refractivity contribution < 1.29 is 9.90 Å². The molecule has 0 aliphatic carbocycles. The van der Waals surface area contributed by atoms with E-state index in [4.69, 9.17) is 0 Å². The van der Waals surface area contributed by atoms with Crippen LogP contribution in [0.25, 0.3) is 0 Å². The number of carbonyl (C=O) groups excluding carboxylic acids is 1. The molecular weight excluding hydrogens is 192 g/mol. The van der Waals surface area contributed by atoms with Gasteiger partial charge in [0.15, 0.2) is 0 Å². The quantitative estimate of drug-likeness (QED) is 0.668. The number of aliphatic hydroxyl groups is 1. The fourth-order valence-corrected chi connectivity index (χ4v) is 2.15. The van der Waals surface area contributed by atoms with E-state index < -0.39 is 0 Å². The number of hydrogen-bond acceptors (Lipinski definition) is 3. The maximum absolute atomic E-state index is 11.9. The van der Waals surface area contributed by atoms with Crippen LogP contribution in [0, 0.1) is 11.3 Å². The van der Waals surface area contributed by atoms with Crippen LogP contribution in [0.15, 0.2) is 0 Å². The molecule has 2 rings (SSSR count). The predicted molar refractivity (Wildman–Crippen MR) is 57.4 cm³/mol. The van der Waals surface area contributed by atoms with Gasteiger partial charge in [0.05, 0.1) is 5.92 Å². The molecule has 2 N–H and O–H groups in total. The highest BCUT2D eigenvalue weighted by Crippen LogP contribution is 2.30. The maximum atomic E-state index is 11.9. The number of rotatable bonds is 2. The van der Waals surface area contributed by atoms with Crippen LogP contribution in [0.1, 0.15) is 19.8 Å². The van der Waals surface area contributed by atoms with Crippen molar-refractivity contribution in [1.82, 2.24) is 10.2 Å². The van der Waals surface area contributed by atoms with Gasteiger partial charge in [-0.1, -0.05) is 6.92 Å². The number of amides is 1. The van der Waals surface area contributed by atoms with Crippen LogP contribution in [0.4, 0.5) is 0 Å². The molecule has 86 valence electrons. The first kappa shape index (κ1) is 10.9. The highest BCUT2D eigenvalue weighted by atomic mass is 16.3. The van der Waals surface area contributed by atoms with Crippen molar-refractivity contribution in [3.05, 3.63) is 0 Å². The molecule has 0 radical (unpaired) electrons. The molecular formula is C11H20N2O2. The Labute approximate surface area is 90.6 Å². The van der Waals surface area contributed by atoms with Gasteiger partial charge in [-0.05, 0) is 18.3 Å². The van der Waals surface area contributed by atoms with Gasteiger partial charge in [0.1, 0.15) is 0 Å². The molecule has 15 heavy (non-hydrogen) atoms. The fourth-order valence-electron chi connectivity index (χ4n) is 2.15. The molecule has 4 heteroatoms. The third-order valence-corrected chi connectivity index (χ3v) is 3.79. The number of hydrogen-bond donors (Lipinski definition) is 2. The Balaban J connectivity index is 1.84. The number of nitrogens with one attached hydrogen (secondary N) is 1. The van der Waals surface area contributed by atoms with E-state index >= 15 is 0 Å². The Hall–Kier alpha value is -0.610. The number of likely N-dealkylation sites (tertiary alicyclic amines) is 1. The van der Waals surface area contributed by atoms with E-state index in [0.717, 1.165) is 39.0 Å². The molecule has 2 aliphatic rings. The van der Waals surface area contributed by atoms with Gasteiger partial charge in [0, 0.05) is 32.8 Å². The summed E-state index contributed by atoms with van der Waals surface area (Å²) in [6.07, 6.45) is 1.85. The van der Waals surface area contributed by atoms with Gasteiger partial charge in [-0.15, -0.1) is 0 Å². The lowest BCUT2D eigenvalue weighted by atomic mass is 9.81. The highest BCUT2D eigenvalue weighted by molar-refractivity contribution is 5.80. The van der Waals surface area contributed by atoms with E-state index in [0.29, 0.717) is 5.91 Å². The molecule has 2 saturated heterocycles. The highest BCUT2D eigenvalue weighted by Gasteiger charge is 2.35. The first-order valence-electron chi connectivity index (χ1n) is 5.75. The van der Waals surface area contributed by atoms with Crippen molar-refractivity contribution in [2.75, 3.05) is 32.8 Å². The van der Waals surface area contributed by atoms with Gasteiger partial charge < -0.3 is 15.3 Å². The van der Waals surface area contributed by atoms with E-state index in [1.807, 2.05) is 4.90 Å². The summed E-state index contributed by atoms with van der Waals surface area (Å²) < 4.78 is 0. The second-order valence-electron chi connectivity index (χ2n) is 5.15. The second-order valence-corrected chi connectivity index (χ2v) is 5.15. The van der Waals surface area contributed by atoms with Crippen molar-refractivity contribution in [2.45, 2.75) is 19.8 Å². The zero-order chi connectivity index (χ0) is 10.9. The molecule has 2 fully saturated rings. The summed E-state index contributed by atoms with van der Waals surface area (Å²) in [5.74, 6) is 0.511. The largest absolute Gasteiger partial charge is 0.396 e. The van der Waals surface area contributed by atoms with E-state index in [1.165, 1.54) is 0 Å². The maximum Gasteiger partial charge on any atom is 0.228 e. The Morgan fingerprint density at radius 1 is 1.47 bits per heavy atom. The summed E-state index contributed by atoms with van der Waals surface area (Å²) in [7, 11) is 0. The standard InChI is InChI=1S/C11H20N2O2/c1-11(8-14)2-4-13(5-3-11)10(15)9-6-12-7-9/h9,12,14H,2-8H2,1H3. The lowest BCUT2D eigenvalue weighted by Gasteiger charge is -2.40. The van der Waals surface area contributed by atoms with Crippen LogP contribution in [0.5, 0.6) is 0 Å². The Morgan fingerprint density at radius 3 is 2.47 bits per heavy atom. The van der Waals surface area contributed by atoms with Crippen molar-refractivity contribution >= 4 is 5.91 Å². The SMILES string of the molecule is CC1(CO)CCN(C(=O)C2CNC2)CC1. The smallest absolute Gasteiger partial charge is 0.228 e. The van der Waals surface area contributed by atoms with E-state index in [1.54, 1.807) is 0 Å². The Bertz CT molecular complexity index is 243. The van der Waals surface area contributed by atoms with Gasteiger partial charge in [0.2, 0.25) is 5.91 Å². The molecule has 0 bridgehead atoms. The van der Waals surface area contributed by atoms with E-state index in [-0.39, 0.29) is 17.9 Å². The zero-order valence-electron chi connectivity index (χ0n) is 9.33. The third-order valence-electron chi connectivity index (χ3n) is 3.79. The molecule has 0 atom stereocenters. The topological polar surface area (TPSA) is 52.6 Å². The number of piperidine rings is 1. The minimum atomic E-state index is 0.0364. The Morgan fingerprint density at radius 2 is 2.07 bits per heavy atom. The molecule has 4 nitrogen and oxygen atoms in total. The van der Waals surface area contributed by atoms with Crippen LogP contribution >= 0.6 is 0 Å². The molecule has 1 amide bonds. The lowest BCUT2D eigenvalue weighted by Crippen LogP contribution is -2.54. The minimum absolute atomic E-state index is 0.0364. The summed E-state index contributed by atoms with van der Waals surface area (Å²) in [4.78, 5) is 13.9. The third kappa shape index (κ3) is 2.16. The normalized spacial score (nSPS) is 26.1. The molecule has 0 unspecified atom stereocenters. The monoisotopic (exact) mass is 212 g/mol. The van der Waals surface area contributed by atoms with Gasteiger partial charge in [-0.25, -0.2) is 0 Å². The Kier molecular flexibility index (Phi) is 2.98. The number of aliphatic hydroxyl groups excluding tert-OH is 1. The first-order valence-corrected chi connectivity index (χ1v) is 5.75. The predicted octanol–water partition coefficient (Wildman–Crippen LogP) is -0.173. The van der Waals surface area contributed by atoms with Crippen LogP contribution < -0.4 is 5.32 Å². The molecule has 2 heterocycles. The van der Waals surface area contributed by atoms with Crippen molar-refractivity contribution in [2.24, 2.45) is 11.3 Å². The summed E-state index contributed by atoms with van der Waals surface area (Å²) in [5.41, 5.74) is 0.0364. The molecule has 0 aromatic carbocycles. The van der Waals surface area contributed by atoms with Gasteiger partial charge in [-0.2, -0.15) is 0 Å². The van der Waals surface area contributed by atoms with Crippen LogP contribution in [0.2, 0.25) is 0 Å². The van der Waals surface area contributed by atoms with Gasteiger partial charge >= 0.3 is 0 Å². The van der Waals surface area contributed by atoms with Crippen molar-refractivity contribution in [1.29, 1.82) is 0 Å². The fraction of sp³-hybridized carbons (Fsp3) is 0.909. The van der Waals surface area contributed by atoms with Crippen LogP contribution in [-0.4, -0.2) is 48.7 Å². The number of nitrogens with zero attached hydrogens (tertiary/aromatic N) is 1. The average molecular weight is 212 g/mol. The lowest BCUT2D eigenvalue weighted by molar-refractivity contribution is -0.139. The minimum Gasteiger partial charge on any atom is -0.396 e. The molecule has 0 aromatic heterocycles. The molecule has 0 saturated carbocycles. The average Bonchev–Trinajstić information content (AvgIpc) is 2.16. The van der Waals surface area contributed by atoms with E-state index in [2.05, 4.69) is 12.2 Å². The number of carbonyl (C=O) groups is 1. The summed E-state index contributed by atoms with van der Waals surface area (Å²) in [5, 5.41) is 12.3.